The molecular weight excluding hydrogens is 338 g/mol. The molecule has 9 nitrogen and oxygen atoms in total. The second-order valence-electron chi connectivity index (χ2n) is 6.80. The minimum atomic E-state index is -0.971. The maximum Gasteiger partial charge on any atom is 0.310 e. The molecule has 2 aliphatic heterocycles. The molecule has 0 spiro atoms. The number of aryl methyl sites for hydroxylation is 1. The minimum Gasteiger partial charge on any atom is -0.481 e. The SMILES string of the molecule is CCn1cc(Cn2cc(NC(=O)[C@@H]3[C@@H](C(=O)O)[C@@H]4CC[C@H]3O4)cn2)cn1. The number of carboxylic acid groups (broad SMARTS) is 1. The van der Waals surface area contributed by atoms with Gasteiger partial charge >= 0.3 is 5.97 Å². The van der Waals surface area contributed by atoms with Gasteiger partial charge in [0, 0.05) is 24.5 Å². The normalized spacial score (nSPS) is 27.0. The number of anilines is 1. The van der Waals surface area contributed by atoms with Gasteiger partial charge in [0.1, 0.15) is 0 Å². The molecule has 1 amide bonds. The highest BCUT2D eigenvalue weighted by atomic mass is 16.5. The lowest BCUT2D eigenvalue weighted by atomic mass is 9.78. The number of carboxylic acids is 1. The van der Waals surface area contributed by atoms with Crippen molar-refractivity contribution in [1.82, 2.24) is 19.6 Å². The summed E-state index contributed by atoms with van der Waals surface area (Å²) in [7, 11) is 0. The summed E-state index contributed by atoms with van der Waals surface area (Å²) in [6.45, 7) is 3.36. The van der Waals surface area contributed by atoms with Crippen molar-refractivity contribution in [3.63, 3.8) is 0 Å². The highest BCUT2D eigenvalue weighted by molar-refractivity contribution is 5.96. The van der Waals surface area contributed by atoms with E-state index in [0.29, 0.717) is 18.7 Å². The third-order valence-electron chi connectivity index (χ3n) is 5.12. The Labute approximate surface area is 149 Å². The highest BCUT2D eigenvalue weighted by Gasteiger charge is 2.55. The lowest BCUT2D eigenvalue weighted by molar-refractivity contribution is -0.147. The van der Waals surface area contributed by atoms with Gasteiger partial charge in [-0.2, -0.15) is 10.2 Å². The molecule has 2 aromatic heterocycles. The van der Waals surface area contributed by atoms with Crippen molar-refractivity contribution in [3.05, 3.63) is 30.4 Å². The fourth-order valence-electron chi connectivity index (χ4n) is 3.91. The van der Waals surface area contributed by atoms with Gasteiger partial charge in [0.05, 0.1) is 48.7 Å². The van der Waals surface area contributed by atoms with E-state index < -0.39 is 17.8 Å². The third kappa shape index (κ3) is 2.98. The van der Waals surface area contributed by atoms with Crippen molar-refractivity contribution in [2.75, 3.05) is 5.32 Å². The molecule has 4 atom stereocenters. The van der Waals surface area contributed by atoms with Crippen molar-refractivity contribution < 1.29 is 19.4 Å². The van der Waals surface area contributed by atoms with Crippen molar-refractivity contribution >= 4 is 17.6 Å². The van der Waals surface area contributed by atoms with Gasteiger partial charge in [-0.15, -0.1) is 0 Å². The first-order valence-corrected chi connectivity index (χ1v) is 8.78. The summed E-state index contributed by atoms with van der Waals surface area (Å²) in [5, 5.41) is 20.7. The molecule has 2 fully saturated rings. The second-order valence-corrected chi connectivity index (χ2v) is 6.80. The molecule has 2 saturated heterocycles. The number of rotatable bonds is 6. The fraction of sp³-hybridized carbons (Fsp3) is 0.529. The lowest BCUT2D eigenvalue weighted by Crippen LogP contribution is -2.40. The molecular formula is C17H21N5O4. The average Bonchev–Trinajstić information content (AvgIpc) is 3.38. The van der Waals surface area contributed by atoms with Gasteiger partial charge in [-0.25, -0.2) is 0 Å². The summed E-state index contributed by atoms with van der Waals surface area (Å²) in [6.07, 6.45) is 7.79. The molecule has 4 rings (SSSR count). The van der Waals surface area contributed by atoms with E-state index in [0.717, 1.165) is 18.5 Å². The molecule has 2 N–H and O–H groups in total. The van der Waals surface area contributed by atoms with Gasteiger partial charge in [0.25, 0.3) is 0 Å². The molecule has 0 radical (unpaired) electrons. The van der Waals surface area contributed by atoms with Gasteiger partial charge < -0.3 is 15.2 Å². The molecule has 138 valence electrons. The molecule has 2 aromatic rings. The van der Waals surface area contributed by atoms with Crippen LogP contribution in [0.2, 0.25) is 0 Å². The Hall–Kier alpha value is -2.68. The Bertz CT molecular complexity index is 829. The van der Waals surface area contributed by atoms with Crippen LogP contribution in [-0.4, -0.2) is 48.8 Å². The Morgan fingerprint density at radius 1 is 1.19 bits per heavy atom. The van der Waals surface area contributed by atoms with Crippen LogP contribution in [0.3, 0.4) is 0 Å². The van der Waals surface area contributed by atoms with E-state index in [1.165, 1.54) is 0 Å². The average molecular weight is 359 g/mol. The van der Waals surface area contributed by atoms with E-state index in [1.807, 2.05) is 17.8 Å². The van der Waals surface area contributed by atoms with Crippen molar-refractivity contribution in [3.8, 4) is 0 Å². The van der Waals surface area contributed by atoms with Gasteiger partial charge in [-0.1, -0.05) is 0 Å². The molecule has 2 bridgehead atoms. The lowest BCUT2D eigenvalue weighted by Gasteiger charge is -2.23. The standard InChI is InChI=1S/C17H21N5O4/c1-2-21-7-10(5-18-21)8-22-9-11(6-19-22)20-16(23)14-12-3-4-13(26-12)15(14)17(24)25/h5-7,9,12-15H,2-4,8H2,1H3,(H,20,23)(H,24,25)/t12-,13+,14+,15+/m1/s1. The van der Waals surface area contributed by atoms with Crippen molar-refractivity contribution in [2.24, 2.45) is 11.8 Å². The number of nitrogens with zero attached hydrogens (tertiary/aromatic N) is 4. The van der Waals surface area contributed by atoms with Gasteiger partial charge in [0.15, 0.2) is 0 Å². The molecule has 0 unspecified atom stereocenters. The van der Waals surface area contributed by atoms with E-state index in [-0.39, 0.29) is 18.1 Å². The summed E-state index contributed by atoms with van der Waals surface area (Å²) >= 11 is 0. The number of ether oxygens (including phenoxy) is 1. The number of fused-ring (bicyclic) bond motifs is 2. The molecule has 0 aliphatic carbocycles. The number of aliphatic carboxylic acids is 1. The minimum absolute atomic E-state index is 0.309. The van der Waals surface area contributed by atoms with Crippen LogP contribution in [-0.2, 0) is 27.4 Å². The smallest absolute Gasteiger partial charge is 0.310 e. The zero-order chi connectivity index (χ0) is 18.3. The third-order valence-corrected chi connectivity index (χ3v) is 5.12. The molecule has 0 aromatic carbocycles. The first-order chi connectivity index (χ1) is 12.5. The predicted octanol–water partition coefficient (Wildman–Crippen LogP) is 0.964. The summed E-state index contributed by atoms with van der Waals surface area (Å²) in [5.41, 5.74) is 1.56. The Morgan fingerprint density at radius 3 is 2.62 bits per heavy atom. The van der Waals surface area contributed by atoms with Crippen LogP contribution in [0.5, 0.6) is 0 Å². The predicted molar refractivity (Wildman–Crippen MR) is 90.4 cm³/mol. The van der Waals surface area contributed by atoms with Gasteiger partial charge in [-0.3, -0.25) is 19.0 Å². The highest BCUT2D eigenvalue weighted by Crippen LogP contribution is 2.44. The quantitative estimate of drug-likeness (QED) is 0.795. The van der Waals surface area contributed by atoms with E-state index in [9.17, 15) is 14.7 Å². The van der Waals surface area contributed by atoms with E-state index >= 15 is 0 Å². The Balaban J connectivity index is 1.42. The number of carbonyl (C=O) groups excluding carboxylic acids is 1. The van der Waals surface area contributed by atoms with E-state index in [1.54, 1.807) is 23.3 Å². The number of nitrogens with one attached hydrogen (secondary N) is 1. The molecule has 26 heavy (non-hydrogen) atoms. The topological polar surface area (TPSA) is 111 Å². The van der Waals surface area contributed by atoms with E-state index in [2.05, 4.69) is 15.5 Å². The summed E-state index contributed by atoms with van der Waals surface area (Å²) < 4.78 is 9.19. The maximum absolute atomic E-state index is 12.6. The molecule has 2 aliphatic rings. The number of hydrogen-bond donors (Lipinski definition) is 2. The van der Waals surface area contributed by atoms with Crippen LogP contribution in [0.25, 0.3) is 0 Å². The summed E-state index contributed by atoms with van der Waals surface area (Å²) in [6, 6.07) is 0. The monoisotopic (exact) mass is 359 g/mol. The largest absolute Gasteiger partial charge is 0.481 e. The van der Waals surface area contributed by atoms with Crippen LogP contribution >= 0.6 is 0 Å². The zero-order valence-electron chi connectivity index (χ0n) is 14.4. The van der Waals surface area contributed by atoms with Crippen LogP contribution < -0.4 is 5.32 Å². The molecule has 0 saturated carbocycles. The first kappa shape index (κ1) is 16.8. The second kappa shape index (κ2) is 6.56. The number of aromatic nitrogens is 4. The van der Waals surface area contributed by atoms with Crippen molar-refractivity contribution in [2.45, 2.75) is 45.1 Å². The number of hydrogen-bond acceptors (Lipinski definition) is 5. The van der Waals surface area contributed by atoms with Crippen LogP contribution in [0, 0.1) is 11.8 Å². The van der Waals surface area contributed by atoms with Crippen molar-refractivity contribution in [1.29, 1.82) is 0 Å². The number of carbonyl (C=O) groups is 2. The van der Waals surface area contributed by atoms with E-state index in [4.69, 9.17) is 4.74 Å². The molecule has 4 heterocycles. The Kier molecular flexibility index (Phi) is 4.23. The summed E-state index contributed by atoms with van der Waals surface area (Å²) in [5.74, 6) is -2.72. The number of amides is 1. The first-order valence-electron chi connectivity index (χ1n) is 8.78. The van der Waals surface area contributed by atoms with Gasteiger partial charge in [0.2, 0.25) is 5.91 Å². The fourth-order valence-corrected chi connectivity index (χ4v) is 3.91. The molecule has 9 heteroatoms. The zero-order valence-corrected chi connectivity index (χ0v) is 14.4. The van der Waals surface area contributed by atoms with Crippen LogP contribution in [0.4, 0.5) is 5.69 Å². The Morgan fingerprint density at radius 2 is 1.92 bits per heavy atom. The van der Waals surface area contributed by atoms with Crippen LogP contribution in [0.1, 0.15) is 25.3 Å². The van der Waals surface area contributed by atoms with Gasteiger partial charge in [-0.05, 0) is 19.8 Å². The summed E-state index contributed by atoms with van der Waals surface area (Å²) in [4.78, 5) is 24.1. The van der Waals surface area contributed by atoms with Crippen LogP contribution in [0.15, 0.2) is 24.8 Å². The maximum atomic E-state index is 12.6.